The van der Waals surface area contributed by atoms with E-state index in [0.717, 1.165) is 24.4 Å². The molecule has 9 heteroatoms. The number of carbonyl (C=O) groups is 2. The highest BCUT2D eigenvalue weighted by Crippen LogP contribution is 2.23. The average molecular weight is 507 g/mol. The van der Waals surface area contributed by atoms with Crippen molar-refractivity contribution < 1.29 is 14.3 Å². The molecule has 1 amide bonds. The second-order valence-corrected chi connectivity index (χ2v) is 9.88. The number of thioether (sulfide) groups is 1. The molecule has 0 saturated carbocycles. The smallest absolute Gasteiger partial charge is 0.337 e. The summed E-state index contributed by atoms with van der Waals surface area (Å²) in [5, 5.41) is 14.5. The Balaban J connectivity index is 1.45. The first-order chi connectivity index (χ1) is 17.0. The van der Waals surface area contributed by atoms with Crippen LogP contribution in [-0.2, 0) is 28.9 Å². The number of amides is 1. The number of carbonyl (C=O) groups excluding carboxylic acids is 2. The van der Waals surface area contributed by atoms with Gasteiger partial charge in [-0.1, -0.05) is 54.2 Å². The molecule has 4 aromatic rings. The molecule has 4 rings (SSSR count). The SMILES string of the molecule is COC(=O)c1ccc(C)c(NC(=O)CSc2nnc(Cc3cccs3)n2CCc2ccccc2)c1. The lowest BCUT2D eigenvalue weighted by atomic mass is 10.1. The standard InChI is InChI=1S/C26H26N4O3S2/c1-18-10-11-20(25(32)33-2)15-22(18)27-24(31)17-35-26-29-28-23(16-21-9-6-14-34-21)30(26)13-12-19-7-4-3-5-8-19/h3-11,14-15H,12-13,16-17H2,1-2H3,(H,27,31). The maximum Gasteiger partial charge on any atom is 0.337 e. The third-order valence-electron chi connectivity index (χ3n) is 5.44. The van der Waals surface area contributed by atoms with Crippen molar-refractivity contribution in [1.29, 1.82) is 0 Å². The van der Waals surface area contributed by atoms with E-state index < -0.39 is 5.97 Å². The van der Waals surface area contributed by atoms with Crippen LogP contribution in [0.15, 0.2) is 71.2 Å². The molecule has 0 atom stereocenters. The predicted molar refractivity (Wildman–Crippen MR) is 139 cm³/mol. The molecule has 0 bridgehead atoms. The number of nitrogens with one attached hydrogen (secondary N) is 1. The number of hydrogen-bond acceptors (Lipinski definition) is 7. The number of nitrogens with zero attached hydrogens (tertiary/aromatic N) is 3. The van der Waals surface area contributed by atoms with Gasteiger partial charge in [0.25, 0.3) is 0 Å². The van der Waals surface area contributed by atoms with Gasteiger partial charge in [-0.2, -0.15) is 0 Å². The number of ether oxygens (including phenoxy) is 1. The van der Waals surface area contributed by atoms with Crippen molar-refractivity contribution in [1.82, 2.24) is 14.8 Å². The Kier molecular flexibility index (Phi) is 8.33. The third kappa shape index (κ3) is 6.58. The largest absolute Gasteiger partial charge is 0.465 e. The van der Waals surface area contributed by atoms with Gasteiger partial charge in [0.2, 0.25) is 5.91 Å². The molecule has 0 aliphatic rings. The van der Waals surface area contributed by atoms with Crippen molar-refractivity contribution in [2.24, 2.45) is 0 Å². The summed E-state index contributed by atoms with van der Waals surface area (Å²) >= 11 is 3.04. The zero-order valence-electron chi connectivity index (χ0n) is 19.6. The number of aromatic nitrogens is 3. The molecule has 35 heavy (non-hydrogen) atoms. The molecule has 0 radical (unpaired) electrons. The van der Waals surface area contributed by atoms with Gasteiger partial charge in [-0.25, -0.2) is 4.79 Å². The van der Waals surface area contributed by atoms with Crippen molar-refractivity contribution in [2.45, 2.75) is 31.5 Å². The van der Waals surface area contributed by atoms with Crippen molar-refractivity contribution in [2.75, 3.05) is 18.2 Å². The molecule has 180 valence electrons. The number of aryl methyl sites for hydroxylation is 2. The Morgan fingerprint density at radius 3 is 2.66 bits per heavy atom. The summed E-state index contributed by atoms with van der Waals surface area (Å²) in [7, 11) is 1.33. The summed E-state index contributed by atoms with van der Waals surface area (Å²) in [5.41, 5.74) is 3.07. The van der Waals surface area contributed by atoms with Crippen molar-refractivity contribution in [3.8, 4) is 0 Å². The number of hydrogen-bond donors (Lipinski definition) is 1. The van der Waals surface area contributed by atoms with Crippen LogP contribution in [0.2, 0.25) is 0 Å². The highest BCUT2D eigenvalue weighted by molar-refractivity contribution is 7.99. The number of esters is 1. The monoisotopic (exact) mass is 506 g/mol. The zero-order valence-corrected chi connectivity index (χ0v) is 21.2. The first-order valence-electron chi connectivity index (χ1n) is 11.1. The summed E-state index contributed by atoms with van der Waals surface area (Å²) < 4.78 is 6.88. The molecule has 2 heterocycles. The van der Waals surface area contributed by atoms with Gasteiger partial charge in [0, 0.05) is 23.5 Å². The number of rotatable bonds is 10. The van der Waals surface area contributed by atoms with Crippen molar-refractivity contribution >= 4 is 40.7 Å². The summed E-state index contributed by atoms with van der Waals surface area (Å²) in [4.78, 5) is 25.8. The van der Waals surface area contributed by atoms with Gasteiger partial charge in [-0.3, -0.25) is 4.79 Å². The molecule has 0 fully saturated rings. The van der Waals surface area contributed by atoms with Crippen LogP contribution < -0.4 is 5.32 Å². The van der Waals surface area contributed by atoms with Crippen LogP contribution in [0.25, 0.3) is 0 Å². The van der Waals surface area contributed by atoms with Gasteiger partial charge in [0.15, 0.2) is 5.16 Å². The van der Waals surface area contributed by atoms with E-state index in [-0.39, 0.29) is 11.7 Å². The Bertz CT molecular complexity index is 1290. The molecule has 0 aliphatic carbocycles. The topological polar surface area (TPSA) is 86.1 Å². The Labute approximate surface area is 212 Å². The van der Waals surface area contributed by atoms with Gasteiger partial charge in [0.1, 0.15) is 5.82 Å². The van der Waals surface area contributed by atoms with Crippen LogP contribution in [-0.4, -0.2) is 39.5 Å². The van der Waals surface area contributed by atoms with Crippen molar-refractivity contribution in [3.63, 3.8) is 0 Å². The summed E-state index contributed by atoms with van der Waals surface area (Å²) in [5.74, 6) is 0.426. The number of benzene rings is 2. The van der Waals surface area contributed by atoms with Crippen LogP contribution in [0.4, 0.5) is 5.69 Å². The number of thiophene rings is 1. The van der Waals surface area contributed by atoms with Gasteiger partial charge in [-0.15, -0.1) is 21.5 Å². The lowest BCUT2D eigenvalue weighted by Crippen LogP contribution is -2.16. The van der Waals surface area contributed by atoms with Crippen LogP contribution >= 0.6 is 23.1 Å². The fourth-order valence-corrected chi connectivity index (χ4v) is 5.04. The van der Waals surface area contributed by atoms with Crippen molar-refractivity contribution in [3.05, 3.63) is 93.4 Å². The van der Waals surface area contributed by atoms with E-state index in [0.29, 0.717) is 22.8 Å². The van der Waals surface area contributed by atoms with Gasteiger partial charge in [0.05, 0.1) is 18.4 Å². The van der Waals surface area contributed by atoms with E-state index >= 15 is 0 Å². The molecule has 0 aliphatic heterocycles. The van der Waals surface area contributed by atoms with E-state index in [9.17, 15) is 9.59 Å². The zero-order chi connectivity index (χ0) is 24.6. The molecule has 7 nitrogen and oxygen atoms in total. The van der Waals surface area contributed by atoms with Crippen LogP contribution in [0, 0.1) is 6.92 Å². The second-order valence-electron chi connectivity index (χ2n) is 7.90. The average Bonchev–Trinajstić information content (AvgIpc) is 3.53. The van der Waals surface area contributed by atoms with E-state index in [1.165, 1.54) is 29.3 Å². The normalized spacial score (nSPS) is 10.8. The molecular weight excluding hydrogens is 480 g/mol. The van der Waals surface area contributed by atoms with Crippen LogP contribution in [0.1, 0.15) is 32.2 Å². The van der Waals surface area contributed by atoms with Gasteiger partial charge >= 0.3 is 5.97 Å². The van der Waals surface area contributed by atoms with Crippen LogP contribution in [0.3, 0.4) is 0 Å². The second kappa shape index (κ2) is 11.8. The highest BCUT2D eigenvalue weighted by atomic mass is 32.2. The summed E-state index contributed by atoms with van der Waals surface area (Å²) in [6.07, 6.45) is 1.54. The molecule has 2 aromatic carbocycles. The van der Waals surface area contributed by atoms with Gasteiger partial charge < -0.3 is 14.6 Å². The predicted octanol–water partition coefficient (Wildman–Crippen LogP) is 5.00. The van der Waals surface area contributed by atoms with Gasteiger partial charge in [-0.05, 0) is 48.1 Å². The molecule has 0 spiro atoms. The molecule has 1 N–H and O–H groups in total. The van der Waals surface area contributed by atoms with Crippen LogP contribution in [0.5, 0.6) is 0 Å². The first-order valence-corrected chi connectivity index (χ1v) is 13.0. The molecule has 0 unspecified atom stereocenters. The minimum Gasteiger partial charge on any atom is -0.465 e. The van der Waals surface area contributed by atoms with E-state index in [1.807, 2.05) is 31.2 Å². The van der Waals surface area contributed by atoms with E-state index in [2.05, 4.69) is 43.7 Å². The number of methoxy groups -OCH3 is 1. The molecule has 2 aromatic heterocycles. The molecule has 0 saturated heterocycles. The lowest BCUT2D eigenvalue weighted by Gasteiger charge is -2.11. The maximum absolute atomic E-state index is 12.7. The molecular formula is C26H26N4O3S2. The summed E-state index contributed by atoms with van der Waals surface area (Å²) in [6, 6.07) is 19.5. The Hall–Kier alpha value is -3.43. The third-order valence-corrected chi connectivity index (χ3v) is 7.28. The fraction of sp³-hybridized carbons (Fsp3) is 0.231. The fourth-order valence-electron chi connectivity index (χ4n) is 3.55. The minimum atomic E-state index is -0.445. The van der Waals surface area contributed by atoms with E-state index in [1.54, 1.807) is 29.5 Å². The minimum absolute atomic E-state index is 0.171. The Morgan fingerprint density at radius 1 is 1.09 bits per heavy atom. The first kappa shape index (κ1) is 24.7. The lowest BCUT2D eigenvalue weighted by molar-refractivity contribution is -0.113. The maximum atomic E-state index is 12.7. The highest BCUT2D eigenvalue weighted by Gasteiger charge is 2.16. The number of anilines is 1. The quantitative estimate of drug-likeness (QED) is 0.241. The summed E-state index contributed by atoms with van der Waals surface area (Å²) in [6.45, 7) is 2.60. The van der Waals surface area contributed by atoms with E-state index in [4.69, 9.17) is 4.74 Å². The Morgan fingerprint density at radius 2 is 1.91 bits per heavy atom.